The average Bonchev–Trinajstić information content (AvgIpc) is 2.82. The van der Waals surface area contributed by atoms with Crippen LogP contribution in [0.5, 0.6) is 0 Å². The van der Waals surface area contributed by atoms with Gasteiger partial charge in [-0.3, -0.25) is 4.79 Å². The first-order valence-corrected chi connectivity index (χ1v) is 12.7. The second kappa shape index (κ2) is 9.50. The van der Waals surface area contributed by atoms with Crippen molar-refractivity contribution in [2.75, 3.05) is 50.5 Å². The van der Waals surface area contributed by atoms with Crippen LogP contribution < -0.4 is 10.2 Å². The Bertz CT molecular complexity index is 1080. The summed E-state index contributed by atoms with van der Waals surface area (Å²) in [5, 5.41) is 3.22. The van der Waals surface area contributed by atoms with Crippen molar-refractivity contribution in [1.29, 1.82) is 0 Å². The van der Waals surface area contributed by atoms with Crippen LogP contribution in [0, 0.1) is 0 Å². The highest BCUT2D eigenvalue weighted by atomic mass is 32.2. The summed E-state index contributed by atoms with van der Waals surface area (Å²) in [4.78, 5) is 17.0. The molecule has 0 atom stereocenters. The van der Waals surface area contributed by atoms with E-state index in [0.29, 0.717) is 31.9 Å². The summed E-state index contributed by atoms with van der Waals surface area (Å²) < 4.78 is 27.8. The van der Waals surface area contributed by atoms with Gasteiger partial charge in [0.15, 0.2) is 0 Å². The third kappa shape index (κ3) is 4.76. The molecule has 0 aliphatic carbocycles. The minimum atomic E-state index is -3.54. The van der Waals surface area contributed by atoms with E-state index in [1.165, 1.54) is 11.1 Å². The van der Waals surface area contributed by atoms with Crippen LogP contribution in [0.15, 0.2) is 47.4 Å². The van der Waals surface area contributed by atoms with Gasteiger partial charge in [-0.15, -0.1) is 0 Å². The lowest BCUT2D eigenvalue weighted by molar-refractivity contribution is -0.130. The molecule has 0 aromatic heterocycles. The minimum absolute atomic E-state index is 0.00787. The lowest BCUT2D eigenvalue weighted by Gasteiger charge is -2.29. The number of hydrogen-bond acceptors (Lipinski definition) is 5. The van der Waals surface area contributed by atoms with E-state index in [1.54, 1.807) is 22.5 Å². The Hall–Kier alpha value is -2.58. The van der Waals surface area contributed by atoms with E-state index in [4.69, 9.17) is 0 Å². The molecule has 1 amide bonds. The molecule has 0 bridgehead atoms. The van der Waals surface area contributed by atoms with Gasteiger partial charge < -0.3 is 15.1 Å². The summed E-state index contributed by atoms with van der Waals surface area (Å²) >= 11 is 0. The molecule has 8 heteroatoms. The van der Waals surface area contributed by atoms with E-state index in [9.17, 15) is 13.2 Å². The standard InChI is InChI=1S/C24H32N4O3S/c1-26(2)23-11-10-21(32(30,31)28-13-6-3-7-14-28)16-22(23)25-17-24(29)27-15-12-19-8-4-5-9-20(19)18-27/h4-5,8-11,16,25H,3,6-7,12-15,17-18H2,1-2H3. The zero-order chi connectivity index (χ0) is 22.7. The number of sulfonamides is 1. The maximum atomic E-state index is 13.1. The van der Waals surface area contributed by atoms with Crippen LogP contribution in [-0.2, 0) is 27.8 Å². The Kier molecular flexibility index (Phi) is 6.71. The summed E-state index contributed by atoms with van der Waals surface area (Å²) in [6.07, 6.45) is 3.72. The SMILES string of the molecule is CN(C)c1ccc(S(=O)(=O)N2CCCCC2)cc1NCC(=O)N1CCc2ccccc2C1. The van der Waals surface area contributed by atoms with Crippen molar-refractivity contribution in [2.24, 2.45) is 0 Å². The molecule has 1 saturated heterocycles. The number of piperidine rings is 1. The molecule has 7 nitrogen and oxygen atoms in total. The molecule has 0 unspecified atom stereocenters. The van der Waals surface area contributed by atoms with Crippen molar-refractivity contribution in [3.05, 3.63) is 53.6 Å². The number of benzene rings is 2. The molecule has 1 fully saturated rings. The van der Waals surface area contributed by atoms with Gasteiger partial charge in [0.1, 0.15) is 0 Å². The molecule has 2 aliphatic rings. The van der Waals surface area contributed by atoms with Crippen LogP contribution in [0.25, 0.3) is 0 Å². The zero-order valence-corrected chi connectivity index (χ0v) is 19.7. The summed E-state index contributed by atoms with van der Waals surface area (Å²) in [6.45, 7) is 2.56. The van der Waals surface area contributed by atoms with Crippen molar-refractivity contribution >= 4 is 27.3 Å². The number of hydrogen-bond donors (Lipinski definition) is 1. The predicted octanol–water partition coefficient (Wildman–Crippen LogP) is 2.92. The van der Waals surface area contributed by atoms with Gasteiger partial charge in [0.05, 0.1) is 22.8 Å². The van der Waals surface area contributed by atoms with Gasteiger partial charge in [0.25, 0.3) is 0 Å². The first-order chi connectivity index (χ1) is 15.4. The molecule has 32 heavy (non-hydrogen) atoms. The van der Waals surface area contributed by atoms with Crippen molar-refractivity contribution in [1.82, 2.24) is 9.21 Å². The van der Waals surface area contributed by atoms with Gasteiger partial charge in [0, 0.05) is 40.3 Å². The second-order valence-electron chi connectivity index (χ2n) is 8.73. The Morgan fingerprint density at radius 1 is 1.00 bits per heavy atom. The van der Waals surface area contributed by atoms with Crippen molar-refractivity contribution < 1.29 is 13.2 Å². The number of carbonyl (C=O) groups excluding carboxylic acids is 1. The van der Waals surface area contributed by atoms with Crippen molar-refractivity contribution in [3.8, 4) is 0 Å². The van der Waals surface area contributed by atoms with Crippen LogP contribution in [0.2, 0.25) is 0 Å². The lowest BCUT2D eigenvalue weighted by atomic mass is 10.00. The summed E-state index contributed by atoms with van der Waals surface area (Å²) in [5.74, 6) is 0.00787. The Balaban J connectivity index is 1.50. The third-order valence-corrected chi connectivity index (χ3v) is 8.21. The van der Waals surface area contributed by atoms with Crippen molar-refractivity contribution in [2.45, 2.75) is 37.1 Å². The zero-order valence-electron chi connectivity index (χ0n) is 18.9. The number of rotatable bonds is 6. The Labute approximate surface area is 191 Å². The van der Waals surface area contributed by atoms with E-state index < -0.39 is 10.0 Å². The molecule has 0 spiro atoms. The summed E-state index contributed by atoms with van der Waals surface area (Å²) in [5.41, 5.74) is 3.99. The van der Waals surface area contributed by atoms with E-state index in [-0.39, 0.29) is 17.3 Å². The van der Waals surface area contributed by atoms with Crippen LogP contribution in [0.4, 0.5) is 11.4 Å². The molecule has 172 valence electrons. The first kappa shape index (κ1) is 22.6. The molecular weight excluding hydrogens is 424 g/mol. The third-order valence-electron chi connectivity index (χ3n) is 6.32. The fourth-order valence-corrected chi connectivity index (χ4v) is 6.00. The molecule has 1 N–H and O–H groups in total. The van der Waals surface area contributed by atoms with Crippen molar-refractivity contribution in [3.63, 3.8) is 0 Å². The van der Waals surface area contributed by atoms with Crippen LogP contribution in [-0.4, -0.2) is 63.8 Å². The Morgan fingerprint density at radius 3 is 2.44 bits per heavy atom. The average molecular weight is 457 g/mol. The van der Waals surface area contributed by atoms with Crippen LogP contribution >= 0.6 is 0 Å². The number of nitrogens with one attached hydrogen (secondary N) is 1. The Morgan fingerprint density at radius 2 is 1.72 bits per heavy atom. The smallest absolute Gasteiger partial charge is 0.243 e. The number of anilines is 2. The highest BCUT2D eigenvalue weighted by molar-refractivity contribution is 7.89. The molecule has 2 aromatic rings. The molecule has 2 aromatic carbocycles. The first-order valence-electron chi connectivity index (χ1n) is 11.3. The quantitative estimate of drug-likeness (QED) is 0.724. The van der Waals surface area contributed by atoms with Gasteiger partial charge in [-0.05, 0) is 48.6 Å². The lowest BCUT2D eigenvalue weighted by Crippen LogP contribution is -2.39. The highest BCUT2D eigenvalue weighted by Gasteiger charge is 2.27. The maximum absolute atomic E-state index is 13.1. The van der Waals surface area contributed by atoms with Gasteiger partial charge in [-0.2, -0.15) is 4.31 Å². The molecule has 0 radical (unpaired) electrons. The second-order valence-corrected chi connectivity index (χ2v) is 10.7. The fourth-order valence-electron chi connectivity index (χ4n) is 4.45. The van der Waals surface area contributed by atoms with E-state index in [1.807, 2.05) is 36.0 Å². The monoisotopic (exact) mass is 456 g/mol. The van der Waals surface area contributed by atoms with E-state index in [2.05, 4.69) is 17.4 Å². The molecular formula is C24H32N4O3S. The van der Waals surface area contributed by atoms with E-state index >= 15 is 0 Å². The normalized spacial score (nSPS) is 17.0. The number of fused-ring (bicyclic) bond motifs is 1. The molecule has 2 aliphatic heterocycles. The van der Waals surface area contributed by atoms with Gasteiger partial charge in [0.2, 0.25) is 15.9 Å². The number of nitrogens with zero attached hydrogens (tertiary/aromatic N) is 3. The molecule has 0 saturated carbocycles. The van der Waals surface area contributed by atoms with Gasteiger partial charge >= 0.3 is 0 Å². The van der Waals surface area contributed by atoms with E-state index in [0.717, 1.165) is 31.4 Å². The van der Waals surface area contributed by atoms with Gasteiger partial charge in [-0.25, -0.2) is 8.42 Å². The predicted molar refractivity (Wildman–Crippen MR) is 127 cm³/mol. The van der Waals surface area contributed by atoms with Crippen LogP contribution in [0.3, 0.4) is 0 Å². The van der Waals surface area contributed by atoms with Gasteiger partial charge in [-0.1, -0.05) is 30.7 Å². The number of carbonyl (C=O) groups is 1. The fraction of sp³-hybridized carbons (Fsp3) is 0.458. The summed E-state index contributed by atoms with van der Waals surface area (Å²) in [6, 6.07) is 13.4. The molecule has 2 heterocycles. The largest absolute Gasteiger partial charge is 0.376 e. The number of amides is 1. The molecule has 4 rings (SSSR count). The highest BCUT2D eigenvalue weighted by Crippen LogP contribution is 2.30. The topological polar surface area (TPSA) is 73.0 Å². The van der Waals surface area contributed by atoms with Crippen LogP contribution in [0.1, 0.15) is 30.4 Å². The summed E-state index contributed by atoms with van der Waals surface area (Å²) in [7, 11) is 0.271. The maximum Gasteiger partial charge on any atom is 0.243 e. The minimum Gasteiger partial charge on any atom is -0.376 e.